The molecule has 1 unspecified atom stereocenters. The van der Waals surface area contributed by atoms with Crippen molar-refractivity contribution in [2.24, 2.45) is 5.92 Å². The Labute approximate surface area is 101 Å². The molecule has 2 aromatic rings. The summed E-state index contributed by atoms with van der Waals surface area (Å²) in [5, 5.41) is 1.14. The Bertz CT molecular complexity index is 505. The van der Waals surface area contributed by atoms with Crippen LogP contribution in [0.1, 0.15) is 26.2 Å². The average molecular weight is 230 g/mol. The predicted molar refractivity (Wildman–Crippen MR) is 69.1 cm³/mol. The van der Waals surface area contributed by atoms with Crippen LogP contribution in [0.5, 0.6) is 0 Å². The molecule has 1 saturated heterocycles. The van der Waals surface area contributed by atoms with Gasteiger partial charge < -0.3 is 9.88 Å². The van der Waals surface area contributed by atoms with Crippen LogP contribution in [0.15, 0.2) is 18.6 Å². The second-order valence-corrected chi connectivity index (χ2v) is 4.80. The van der Waals surface area contributed by atoms with Gasteiger partial charge in [0.25, 0.3) is 0 Å². The molecule has 0 spiro atoms. The predicted octanol–water partition coefficient (Wildman–Crippen LogP) is 2.58. The van der Waals surface area contributed by atoms with Crippen LogP contribution in [0.3, 0.4) is 0 Å². The van der Waals surface area contributed by atoms with Gasteiger partial charge in [0.2, 0.25) is 0 Å². The zero-order chi connectivity index (χ0) is 11.7. The summed E-state index contributed by atoms with van der Waals surface area (Å²) in [6.45, 7) is 4.53. The molecule has 0 aromatic carbocycles. The molecule has 2 aromatic heterocycles. The van der Waals surface area contributed by atoms with Gasteiger partial charge in [-0.3, -0.25) is 0 Å². The topological polar surface area (TPSA) is 44.8 Å². The highest BCUT2D eigenvalue weighted by atomic mass is 15.2. The zero-order valence-corrected chi connectivity index (χ0v) is 10.2. The molecular weight excluding hydrogens is 212 g/mol. The Morgan fingerprint density at radius 1 is 1.47 bits per heavy atom. The van der Waals surface area contributed by atoms with Gasteiger partial charge in [0.05, 0.1) is 5.39 Å². The third-order valence-electron chi connectivity index (χ3n) is 3.73. The highest BCUT2D eigenvalue weighted by Gasteiger charge is 2.21. The number of hydrogen-bond donors (Lipinski definition) is 1. The Morgan fingerprint density at radius 3 is 3.29 bits per heavy atom. The van der Waals surface area contributed by atoms with Crippen LogP contribution in [-0.4, -0.2) is 28.0 Å². The summed E-state index contributed by atoms with van der Waals surface area (Å²) in [5.74, 6) is 1.90. The molecule has 0 bridgehead atoms. The molecule has 0 radical (unpaired) electrons. The van der Waals surface area contributed by atoms with Gasteiger partial charge in [-0.15, -0.1) is 0 Å². The van der Waals surface area contributed by atoms with Crippen LogP contribution in [0, 0.1) is 5.92 Å². The summed E-state index contributed by atoms with van der Waals surface area (Å²) in [7, 11) is 0. The number of rotatable bonds is 2. The van der Waals surface area contributed by atoms with Crippen molar-refractivity contribution >= 4 is 16.9 Å². The lowest BCUT2D eigenvalue weighted by Gasteiger charge is -2.33. The first-order valence-electron chi connectivity index (χ1n) is 6.41. The summed E-state index contributed by atoms with van der Waals surface area (Å²) in [6.07, 6.45) is 7.48. The van der Waals surface area contributed by atoms with Gasteiger partial charge in [-0.05, 0) is 24.8 Å². The minimum atomic E-state index is 0.813. The Balaban J connectivity index is 1.94. The van der Waals surface area contributed by atoms with Crippen LogP contribution in [0.25, 0.3) is 11.0 Å². The maximum absolute atomic E-state index is 4.47. The van der Waals surface area contributed by atoms with Crippen molar-refractivity contribution in [1.82, 2.24) is 15.0 Å². The maximum Gasteiger partial charge on any atom is 0.142 e. The Hall–Kier alpha value is -1.58. The molecule has 17 heavy (non-hydrogen) atoms. The summed E-state index contributed by atoms with van der Waals surface area (Å²) in [5.41, 5.74) is 0.939. The van der Waals surface area contributed by atoms with E-state index in [-0.39, 0.29) is 0 Å². The van der Waals surface area contributed by atoms with Gasteiger partial charge in [-0.1, -0.05) is 13.3 Å². The summed E-state index contributed by atoms with van der Waals surface area (Å²) in [6, 6.07) is 2.07. The van der Waals surface area contributed by atoms with E-state index >= 15 is 0 Å². The number of hydrogen-bond acceptors (Lipinski definition) is 3. The van der Waals surface area contributed by atoms with E-state index in [0.29, 0.717) is 0 Å². The van der Waals surface area contributed by atoms with E-state index in [2.05, 4.69) is 32.8 Å². The number of nitrogens with one attached hydrogen (secondary N) is 1. The van der Waals surface area contributed by atoms with E-state index in [1.165, 1.54) is 19.3 Å². The van der Waals surface area contributed by atoms with Gasteiger partial charge in [0.15, 0.2) is 0 Å². The third-order valence-corrected chi connectivity index (χ3v) is 3.73. The lowest BCUT2D eigenvalue weighted by atomic mass is 9.95. The fourth-order valence-electron chi connectivity index (χ4n) is 2.70. The highest BCUT2D eigenvalue weighted by Crippen LogP contribution is 2.27. The quantitative estimate of drug-likeness (QED) is 0.862. The van der Waals surface area contributed by atoms with Gasteiger partial charge >= 0.3 is 0 Å². The van der Waals surface area contributed by atoms with Gasteiger partial charge in [-0.25, -0.2) is 9.97 Å². The van der Waals surface area contributed by atoms with Crippen LogP contribution in [0.2, 0.25) is 0 Å². The standard InChI is InChI=1S/C13H18N4/c1-2-10-4-3-7-17(8-10)13-11-5-6-14-12(11)15-9-16-13/h5-6,9-10H,2-4,7-8H2,1H3,(H,14,15,16). The fourth-order valence-corrected chi connectivity index (χ4v) is 2.70. The summed E-state index contributed by atoms with van der Waals surface area (Å²) >= 11 is 0. The Kier molecular flexibility index (Phi) is 2.71. The molecular formula is C13H18N4. The van der Waals surface area contributed by atoms with Crippen LogP contribution in [-0.2, 0) is 0 Å². The molecule has 3 rings (SSSR count). The lowest BCUT2D eigenvalue weighted by molar-refractivity contribution is 0.403. The minimum absolute atomic E-state index is 0.813. The number of nitrogens with zero attached hydrogens (tertiary/aromatic N) is 3. The molecule has 1 atom stereocenters. The van der Waals surface area contributed by atoms with Crippen molar-refractivity contribution in [2.45, 2.75) is 26.2 Å². The molecule has 4 nitrogen and oxygen atoms in total. The number of H-pyrrole nitrogens is 1. The molecule has 3 heterocycles. The molecule has 1 fully saturated rings. The highest BCUT2D eigenvalue weighted by molar-refractivity contribution is 5.87. The van der Waals surface area contributed by atoms with E-state index in [1.54, 1.807) is 6.33 Å². The van der Waals surface area contributed by atoms with E-state index in [1.807, 2.05) is 6.20 Å². The second-order valence-electron chi connectivity index (χ2n) is 4.80. The van der Waals surface area contributed by atoms with Crippen molar-refractivity contribution in [3.8, 4) is 0 Å². The first-order valence-corrected chi connectivity index (χ1v) is 6.41. The van der Waals surface area contributed by atoms with Gasteiger partial charge in [-0.2, -0.15) is 0 Å². The number of piperidine rings is 1. The van der Waals surface area contributed by atoms with E-state index in [4.69, 9.17) is 0 Å². The first kappa shape index (κ1) is 10.6. The van der Waals surface area contributed by atoms with Crippen molar-refractivity contribution in [1.29, 1.82) is 0 Å². The van der Waals surface area contributed by atoms with Crippen LogP contribution < -0.4 is 4.90 Å². The van der Waals surface area contributed by atoms with Crippen molar-refractivity contribution in [2.75, 3.05) is 18.0 Å². The SMILES string of the molecule is CCC1CCCN(c2ncnc3[nH]ccc23)C1. The van der Waals surface area contributed by atoms with Crippen molar-refractivity contribution < 1.29 is 0 Å². The fraction of sp³-hybridized carbons (Fsp3) is 0.538. The van der Waals surface area contributed by atoms with Crippen LogP contribution in [0.4, 0.5) is 5.82 Å². The maximum atomic E-state index is 4.47. The normalized spacial score (nSPS) is 21.0. The summed E-state index contributed by atoms with van der Waals surface area (Å²) in [4.78, 5) is 14.3. The number of aromatic nitrogens is 3. The Morgan fingerprint density at radius 2 is 2.41 bits per heavy atom. The molecule has 0 amide bonds. The molecule has 1 aliphatic heterocycles. The van der Waals surface area contributed by atoms with E-state index in [0.717, 1.165) is 35.9 Å². The molecule has 0 aliphatic carbocycles. The van der Waals surface area contributed by atoms with E-state index in [9.17, 15) is 0 Å². The summed E-state index contributed by atoms with van der Waals surface area (Å²) < 4.78 is 0. The second kappa shape index (κ2) is 4.35. The number of aromatic amines is 1. The van der Waals surface area contributed by atoms with Gasteiger partial charge in [0.1, 0.15) is 17.8 Å². The molecule has 0 saturated carbocycles. The smallest absolute Gasteiger partial charge is 0.142 e. The molecule has 4 heteroatoms. The van der Waals surface area contributed by atoms with Crippen molar-refractivity contribution in [3.05, 3.63) is 18.6 Å². The van der Waals surface area contributed by atoms with E-state index < -0.39 is 0 Å². The number of fused-ring (bicyclic) bond motifs is 1. The van der Waals surface area contributed by atoms with Crippen LogP contribution >= 0.6 is 0 Å². The monoisotopic (exact) mass is 230 g/mol. The molecule has 1 aliphatic rings. The van der Waals surface area contributed by atoms with Crippen molar-refractivity contribution in [3.63, 3.8) is 0 Å². The first-order chi connectivity index (χ1) is 8.38. The molecule has 1 N–H and O–H groups in total. The lowest BCUT2D eigenvalue weighted by Crippen LogP contribution is -2.35. The molecule has 90 valence electrons. The minimum Gasteiger partial charge on any atom is -0.356 e. The third kappa shape index (κ3) is 1.88. The average Bonchev–Trinajstić information content (AvgIpc) is 2.87. The van der Waals surface area contributed by atoms with Gasteiger partial charge in [0, 0.05) is 19.3 Å². The largest absolute Gasteiger partial charge is 0.356 e. The zero-order valence-electron chi connectivity index (χ0n) is 10.2. The number of anilines is 1.